The highest BCUT2D eigenvalue weighted by Gasteiger charge is 2.77. The lowest BCUT2D eigenvalue weighted by atomic mass is 9.44. The van der Waals surface area contributed by atoms with Gasteiger partial charge in [0, 0.05) is 38.0 Å². The van der Waals surface area contributed by atoms with Gasteiger partial charge in [0.15, 0.2) is 34.1 Å². The summed E-state index contributed by atoms with van der Waals surface area (Å²) >= 11 is 0. The van der Waals surface area contributed by atoms with Crippen LogP contribution in [0.4, 0.5) is 0 Å². The van der Waals surface area contributed by atoms with Crippen molar-refractivity contribution in [3.05, 3.63) is 11.1 Å². The van der Waals surface area contributed by atoms with Gasteiger partial charge in [0.2, 0.25) is 0 Å². The molecule has 12 heteroatoms. The summed E-state index contributed by atoms with van der Waals surface area (Å²) in [6, 6.07) is 5.05. The molecular weight excluding hydrogens is 649 g/mol. The second kappa shape index (κ2) is 13.6. The number of carbonyl (C=O) groups is 3. The van der Waals surface area contributed by atoms with Crippen LogP contribution in [-0.4, -0.2) is 92.9 Å². The van der Waals surface area contributed by atoms with Gasteiger partial charge < -0.3 is 33.3 Å². The first-order valence-corrected chi connectivity index (χ1v) is 23.3. The van der Waals surface area contributed by atoms with E-state index >= 15 is 4.79 Å². The zero-order chi connectivity index (χ0) is 36.3. The van der Waals surface area contributed by atoms with Crippen molar-refractivity contribution in [2.75, 3.05) is 6.61 Å². The van der Waals surface area contributed by atoms with Crippen molar-refractivity contribution in [2.24, 2.45) is 16.7 Å². The van der Waals surface area contributed by atoms with E-state index in [1.54, 1.807) is 20.8 Å². The third-order valence-electron chi connectivity index (χ3n) is 13.6. The van der Waals surface area contributed by atoms with Crippen LogP contribution in [0.25, 0.3) is 0 Å². The van der Waals surface area contributed by atoms with Gasteiger partial charge in [-0.2, -0.15) is 0 Å². The fourth-order valence-electron chi connectivity index (χ4n) is 9.89. The molecule has 48 heavy (non-hydrogen) atoms. The van der Waals surface area contributed by atoms with E-state index in [9.17, 15) is 19.8 Å². The zero-order valence-electron chi connectivity index (χ0n) is 31.5. The predicted octanol–water partition coefficient (Wildman–Crippen LogP) is 5.85. The summed E-state index contributed by atoms with van der Waals surface area (Å²) in [5, 5.41) is 26.2. The number of Topliss-reactive ketones (excluding diaryl/α,β-unsaturated/α-hetero) is 1. The molecule has 3 fully saturated rings. The lowest BCUT2D eigenvalue weighted by Crippen LogP contribution is -2.82. The molecule has 0 spiro atoms. The highest BCUT2D eigenvalue weighted by Crippen LogP contribution is 2.64. The van der Waals surface area contributed by atoms with Crippen molar-refractivity contribution < 1.29 is 47.7 Å². The first kappa shape index (κ1) is 39.4. The molecule has 9 atom stereocenters. The number of aliphatic hydroxyl groups excluding tert-OH is 1. The van der Waals surface area contributed by atoms with Crippen molar-refractivity contribution in [3.63, 3.8) is 0 Å². The van der Waals surface area contributed by atoms with Gasteiger partial charge in [-0.3, -0.25) is 14.4 Å². The minimum absolute atomic E-state index is 0.0413. The van der Waals surface area contributed by atoms with Crippen LogP contribution >= 0.6 is 0 Å². The summed E-state index contributed by atoms with van der Waals surface area (Å²) < 4.78 is 32.5. The molecule has 0 unspecified atom stereocenters. The third-order valence-corrected chi connectivity index (χ3v) is 22.9. The SMILES string of the molecule is CC[Si](CC)(CC)O[C@H]1C[C@@]2(O)[C@@H](O)[C@@H]3[C@]4(OC(C)=O)CO[C@@H]4C[C@H](O[Si](CC)(CC)CC)[C@@]3(C)C(=O)[C@H](OC(C)=O)C(=C1C)C2(C)C. The van der Waals surface area contributed by atoms with Gasteiger partial charge in [0.1, 0.15) is 11.7 Å². The summed E-state index contributed by atoms with van der Waals surface area (Å²) in [5.41, 5.74) is -4.86. The fourth-order valence-corrected chi connectivity index (χ4v) is 15.7. The average Bonchev–Trinajstić information content (AvgIpc) is 3.03. The number of fused-ring (bicyclic) bond motifs is 5. The number of ketones is 1. The Balaban J connectivity index is 2.09. The molecule has 3 aliphatic carbocycles. The Hall–Kier alpha value is -1.42. The highest BCUT2D eigenvalue weighted by molar-refractivity contribution is 6.74. The van der Waals surface area contributed by atoms with Crippen molar-refractivity contribution in [1.82, 2.24) is 0 Å². The third kappa shape index (κ3) is 5.73. The maximum Gasteiger partial charge on any atom is 0.303 e. The Labute approximate surface area is 289 Å². The molecular formula is C36H62O10Si2. The fraction of sp³-hybridized carbons (Fsp3) is 0.861. The Morgan fingerprint density at radius 2 is 1.42 bits per heavy atom. The molecule has 4 rings (SSSR count). The largest absolute Gasteiger partial charge is 0.454 e. The Morgan fingerprint density at radius 1 is 0.896 bits per heavy atom. The van der Waals surface area contributed by atoms with Crippen molar-refractivity contribution in [2.45, 2.75) is 174 Å². The predicted molar refractivity (Wildman–Crippen MR) is 187 cm³/mol. The Morgan fingerprint density at radius 3 is 1.85 bits per heavy atom. The zero-order valence-corrected chi connectivity index (χ0v) is 33.5. The number of carbonyl (C=O) groups excluding carboxylic acids is 3. The molecule has 1 aliphatic heterocycles. The average molecular weight is 711 g/mol. The quantitative estimate of drug-likeness (QED) is 0.144. The second-order valence-electron chi connectivity index (χ2n) is 15.7. The molecule has 1 heterocycles. The van der Waals surface area contributed by atoms with Crippen LogP contribution in [0.5, 0.6) is 0 Å². The maximum absolute atomic E-state index is 15.6. The van der Waals surface area contributed by atoms with Crippen LogP contribution in [0.3, 0.4) is 0 Å². The normalized spacial score (nSPS) is 37.8. The molecule has 10 nitrogen and oxygen atoms in total. The number of ether oxygens (including phenoxy) is 3. The molecule has 0 amide bonds. The van der Waals surface area contributed by atoms with E-state index in [1.807, 2.05) is 6.92 Å². The molecule has 2 bridgehead atoms. The number of hydrogen-bond acceptors (Lipinski definition) is 10. The molecule has 2 N–H and O–H groups in total. The first-order chi connectivity index (χ1) is 22.3. The van der Waals surface area contributed by atoms with E-state index in [-0.39, 0.29) is 19.4 Å². The van der Waals surface area contributed by atoms with E-state index < -0.39 is 92.8 Å². The Kier molecular flexibility index (Phi) is 11.2. The van der Waals surface area contributed by atoms with Gasteiger partial charge in [-0.1, -0.05) is 55.4 Å². The molecule has 0 aromatic carbocycles. The highest BCUT2D eigenvalue weighted by atomic mass is 28.4. The van der Waals surface area contributed by atoms with Gasteiger partial charge in [-0.15, -0.1) is 0 Å². The molecule has 0 aromatic heterocycles. The first-order valence-electron chi connectivity index (χ1n) is 18.3. The van der Waals surface area contributed by atoms with Crippen LogP contribution in [0, 0.1) is 16.7 Å². The van der Waals surface area contributed by atoms with E-state index in [2.05, 4.69) is 41.5 Å². The Bertz CT molecular complexity index is 1270. The monoisotopic (exact) mass is 710 g/mol. The lowest BCUT2D eigenvalue weighted by molar-refractivity contribution is -0.345. The molecule has 274 valence electrons. The number of aliphatic hydroxyl groups is 2. The standard InChI is InChI=1S/C36H62O10Si2/c1-13-47(14-2,15-3)45-25-20-36(41)32(40)30-34(12,31(39)29(43-23(8)37)28(22(25)7)33(36,10)11)26(46-48(16-4,17-5)18-6)19-27-35(30,21-42-27)44-24(9)38/h25-27,29-30,32,40-41H,13-21H2,1-12H3/t25-,26-,27+,29+,30-,32-,34+,35-,36+/m0/s1. The van der Waals surface area contributed by atoms with Gasteiger partial charge in [0.25, 0.3) is 0 Å². The summed E-state index contributed by atoms with van der Waals surface area (Å²) in [6.45, 7) is 22.5. The molecule has 4 aliphatic rings. The molecule has 1 saturated heterocycles. The van der Waals surface area contributed by atoms with Gasteiger partial charge in [-0.05, 0) is 61.3 Å². The van der Waals surface area contributed by atoms with E-state index in [4.69, 9.17) is 23.1 Å². The summed E-state index contributed by atoms with van der Waals surface area (Å²) in [5.74, 6) is -2.77. The molecule has 2 saturated carbocycles. The topological polar surface area (TPSA) is 138 Å². The van der Waals surface area contributed by atoms with E-state index in [0.717, 1.165) is 41.8 Å². The van der Waals surface area contributed by atoms with Crippen molar-refractivity contribution in [3.8, 4) is 0 Å². The molecule has 0 aromatic rings. The lowest BCUT2D eigenvalue weighted by Gasteiger charge is -2.68. The van der Waals surface area contributed by atoms with Crippen LogP contribution in [0.2, 0.25) is 36.3 Å². The smallest absolute Gasteiger partial charge is 0.303 e. The maximum atomic E-state index is 15.6. The van der Waals surface area contributed by atoms with Crippen LogP contribution in [0.15, 0.2) is 11.1 Å². The summed E-state index contributed by atoms with van der Waals surface area (Å²) in [6.07, 6.45) is -4.66. The van der Waals surface area contributed by atoms with Crippen molar-refractivity contribution >= 4 is 34.4 Å². The number of hydrogen-bond donors (Lipinski definition) is 2. The van der Waals surface area contributed by atoms with Crippen LogP contribution in [-0.2, 0) is 37.4 Å². The van der Waals surface area contributed by atoms with Crippen molar-refractivity contribution in [1.29, 1.82) is 0 Å². The molecule has 0 radical (unpaired) electrons. The van der Waals surface area contributed by atoms with Crippen LogP contribution in [0.1, 0.15) is 95.9 Å². The second-order valence-corrected chi connectivity index (χ2v) is 25.1. The van der Waals surface area contributed by atoms with Gasteiger partial charge >= 0.3 is 11.9 Å². The number of rotatable bonds is 12. The minimum Gasteiger partial charge on any atom is -0.454 e. The minimum atomic E-state index is -2.38. The summed E-state index contributed by atoms with van der Waals surface area (Å²) in [7, 11) is -4.65. The van der Waals surface area contributed by atoms with Gasteiger partial charge in [-0.25, -0.2) is 0 Å². The number of esters is 2. The van der Waals surface area contributed by atoms with Gasteiger partial charge in [0.05, 0.1) is 30.3 Å². The van der Waals surface area contributed by atoms with E-state index in [0.29, 0.717) is 5.57 Å². The van der Waals surface area contributed by atoms with Crippen LogP contribution < -0.4 is 0 Å². The van der Waals surface area contributed by atoms with E-state index in [1.165, 1.54) is 13.8 Å². The summed E-state index contributed by atoms with van der Waals surface area (Å²) in [4.78, 5) is 41.4.